The number of rotatable bonds is 6. The molecule has 0 saturated heterocycles. The summed E-state index contributed by atoms with van der Waals surface area (Å²) in [7, 11) is 0. The SMILES string of the molecule is O=C(COc1ccc(F)cc1Cl)Nc1ccccc1C(=O)NC1CCCC1. The quantitative estimate of drug-likeness (QED) is 0.777. The monoisotopic (exact) mass is 390 g/mol. The van der Waals surface area contributed by atoms with E-state index >= 15 is 0 Å². The Kier molecular flexibility index (Phi) is 6.29. The van der Waals surface area contributed by atoms with Gasteiger partial charge in [-0.3, -0.25) is 9.59 Å². The van der Waals surface area contributed by atoms with Crippen LogP contribution < -0.4 is 15.4 Å². The first-order valence-corrected chi connectivity index (χ1v) is 9.18. The summed E-state index contributed by atoms with van der Waals surface area (Å²) in [6, 6.07) is 10.6. The molecule has 1 fully saturated rings. The normalized spacial score (nSPS) is 14.0. The van der Waals surface area contributed by atoms with Crippen molar-refractivity contribution in [1.82, 2.24) is 5.32 Å². The van der Waals surface area contributed by atoms with Crippen molar-refractivity contribution in [1.29, 1.82) is 0 Å². The third-order valence-corrected chi connectivity index (χ3v) is 4.68. The minimum absolute atomic E-state index is 0.0825. The summed E-state index contributed by atoms with van der Waals surface area (Å²) in [4.78, 5) is 24.7. The van der Waals surface area contributed by atoms with E-state index in [-0.39, 0.29) is 29.3 Å². The van der Waals surface area contributed by atoms with E-state index in [0.717, 1.165) is 31.7 Å². The number of carbonyl (C=O) groups excluding carboxylic acids is 2. The maximum absolute atomic E-state index is 13.0. The Balaban J connectivity index is 1.61. The van der Waals surface area contributed by atoms with Crippen LogP contribution in [0.1, 0.15) is 36.0 Å². The molecular weight excluding hydrogens is 371 g/mol. The van der Waals surface area contributed by atoms with Crippen LogP contribution in [0, 0.1) is 5.82 Å². The van der Waals surface area contributed by atoms with Crippen LogP contribution in [0.3, 0.4) is 0 Å². The van der Waals surface area contributed by atoms with Crippen LogP contribution in [0.5, 0.6) is 5.75 Å². The van der Waals surface area contributed by atoms with Crippen molar-refractivity contribution in [3.8, 4) is 5.75 Å². The smallest absolute Gasteiger partial charge is 0.262 e. The lowest BCUT2D eigenvalue weighted by Crippen LogP contribution is -2.33. The molecule has 142 valence electrons. The Hall–Kier alpha value is -2.60. The van der Waals surface area contributed by atoms with Gasteiger partial charge in [-0.15, -0.1) is 0 Å². The molecule has 7 heteroatoms. The predicted molar refractivity (Wildman–Crippen MR) is 102 cm³/mol. The van der Waals surface area contributed by atoms with Gasteiger partial charge in [0.05, 0.1) is 16.3 Å². The molecule has 2 N–H and O–H groups in total. The molecule has 0 spiro atoms. The van der Waals surface area contributed by atoms with Crippen LogP contribution in [0.15, 0.2) is 42.5 Å². The van der Waals surface area contributed by atoms with Crippen molar-refractivity contribution < 1.29 is 18.7 Å². The minimum atomic E-state index is -0.487. The molecule has 0 aromatic heterocycles. The van der Waals surface area contributed by atoms with Crippen molar-refractivity contribution in [2.24, 2.45) is 0 Å². The molecule has 0 bridgehead atoms. The fraction of sp³-hybridized carbons (Fsp3) is 0.300. The van der Waals surface area contributed by atoms with Crippen LogP contribution in [-0.2, 0) is 4.79 Å². The van der Waals surface area contributed by atoms with Crippen molar-refractivity contribution in [3.05, 3.63) is 58.9 Å². The summed E-state index contributed by atoms with van der Waals surface area (Å²) in [5.41, 5.74) is 0.810. The lowest BCUT2D eigenvalue weighted by Gasteiger charge is -2.15. The molecule has 3 rings (SSSR count). The van der Waals surface area contributed by atoms with E-state index in [1.165, 1.54) is 12.1 Å². The molecule has 2 amide bonds. The third-order valence-electron chi connectivity index (χ3n) is 4.39. The van der Waals surface area contributed by atoms with Crippen LogP contribution >= 0.6 is 11.6 Å². The van der Waals surface area contributed by atoms with Gasteiger partial charge in [-0.25, -0.2) is 4.39 Å². The number of nitrogens with one attached hydrogen (secondary N) is 2. The second-order valence-electron chi connectivity index (χ2n) is 6.41. The first kappa shape index (κ1) is 19.2. The lowest BCUT2D eigenvalue weighted by molar-refractivity contribution is -0.118. The summed E-state index contributed by atoms with van der Waals surface area (Å²) in [6.45, 7) is -0.316. The van der Waals surface area contributed by atoms with Gasteiger partial charge in [0.2, 0.25) is 0 Å². The highest BCUT2D eigenvalue weighted by atomic mass is 35.5. The van der Waals surface area contributed by atoms with E-state index in [2.05, 4.69) is 10.6 Å². The van der Waals surface area contributed by atoms with Crippen molar-refractivity contribution in [2.45, 2.75) is 31.7 Å². The molecular formula is C20H20ClFN2O3. The van der Waals surface area contributed by atoms with Gasteiger partial charge in [-0.05, 0) is 43.2 Å². The molecule has 0 aliphatic heterocycles. The second-order valence-corrected chi connectivity index (χ2v) is 6.82. The van der Waals surface area contributed by atoms with E-state index in [0.29, 0.717) is 11.3 Å². The van der Waals surface area contributed by atoms with Gasteiger partial charge >= 0.3 is 0 Å². The number of carbonyl (C=O) groups is 2. The van der Waals surface area contributed by atoms with Gasteiger partial charge in [-0.2, -0.15) is 0 Å². The minimum Gasteiger partial charge on any atom is -0.482 e. The standard InChI is InChI=1S/C20H20ClFN2O3/c21-16-11-13(22)9-10-18(16)27-12-19(25)24-17-8-4-3-7-15(17)20(26)23-14-5-1-2-6-14/h3-4,7-11,14H,1-2,5-6,12H2,(H,23,26)(H,24,25). The Morgan fingerprint density at radius 1 is 1.15 bits per heavy atom. The zero-order valence-electron chi connectivity index (χ0n) is 14.6. The Morgan fingerprint density at radius 3 is 2.63 bits per heavy atom. The number of hydrogen-bond donors (Lipinski definition) is 2. The number of amides is 2. The zero-order valence-corrected chi connectivity index (χ0v) is 15.4. The molecule has 1 saturated carbocycles. The summed E-state index contributed by atoms with van der Waals surface area (Å²) in [6.07, 6.45) is 4.19. The van der Waals surface area contributed by atoms with Crippen LogP contribution in [0.25, 0.3) is 0 Å². The van der Waals surface area contributed by atoms with Crippen LogP contribution in [-0.4, -0.2) is 24.5 Å². The number of anilines is 1. The largest absolute Gasteiger partial charge is 0.482 e. The molecule has 0 unspecified atom stereocenters. The number of para-hydroxylation sites is 1. The van der Waals surface area contributed by atoms with Crippen LogP contribution in [0.2, 0.25) is 5.02 Å². The Bertz CT molecular complexity index is 838. The molecule has 2 aromatic rings. The van der Waals surface area contributed by atoms with E-state index in [1.807, 2.05) is 0 Å². The van der Waals surface area contributed by atoms with Crippen LogP contribution in [0.4, 0.5) is 10.1 Å². The summed E-state index contributed by atoms with van der Waals surface area (Å²) >= 11 is 5.87. The van der Waals surface area contributed by atoms with E-state index in [1.54, 1.807) is 24.3 Å². The fourth-order valence-electron chi connectivity index (χ4n) is 3.05. The van der Waals surface area contributed by atoms with Crippen molar-refractivity contribution in [2.75, 3.05) is 11.9 Å². The van der Waals surface area contributed by atoms with Gasteiger partial charge in [0.15, 0.2) is 6.61 Å². The zero-order chi connectivity index (χ0) is 19.2. The van der Waals surface area contributed by atoms with Gasteiger partial charge in [0.25, 0.3) is 11.8 Å². The van der Waals surface area contributed by atoms with Gasteiger partial charge in [-0.1, -0.05) is 36.6 Å². The summed E-state index contributed by atoms with van der Waals surface area (Å²) in [5.74, 6) is -0.934. The molecule has 0 radical (unpaired) electrons. The average Bonchev–Trinajstić information content (AvgIpc) is 3.14. The predicted octanol–water partition coefficient (Wildman–Crippen LogP) is 4.17. The van der Waals surface area contributed by atoms with Gasteiger partial charge in [0, 0.05) is 6.04 Å². The third kappa shape index (κ3) is 5.20. The lowest BCUT2D eigenvalue weighted by atomic mass is 10.1. The Labute approximate surface area is 161 Å². The van der Waals surface area contributed by atoms with E-state index in [4.69, 9.17) is 16.3 Å². The fourth-order valence-corrected chi connectivity index (χ4v) is 3.27. The highest BCUT2D eigenvalue weighted by Gasteiger charge is 2.20. The van der Waals surface area contributed by atoms with Gasteiger partial charge < -0.3 is 15.4 Å². The number of hydrogen-bond acceptors (Lipinski definition) is 3. The molecule has 0 atom stereocenters. The molecule has 1 aliphatic rings. The number of ether oxygens (including phenoxy) is 1. The maximum Gasteiger partial charge on any atom is 0.262 e. The molecule has 5 nitrogen and oxygen atoms in total. The molecule has 2 aromatic carbocycles. The molecule has 1 aliphatic carbocycles. The highest BCUT2D eigenvalue weighted by Crippen LogP contribution is 2.25. The van der Waals surface area contributed by atoms with E-state index < -0.39 is 11.7 Å². The maximum atomic E-state index is 13.0. The van der Waals surface area contributed by atoms with Crippen molar-refractivity contribution in [3.63, 3.8) is 0 Å². The topological polar surface area (TPSA) is 67.4 Å². The first-order chi connectivity index (χ1) is 13.0. The molecule has 0 heterocycles. The Morgan fingerprint density at radius 2 is 1.89 bits per heavy atom. The second kappa shape index (κ2) is 8.86. The van der Waals surface area contributed by atoms with Crippen molar-refractivity contribution >= 4 is 29.1 Å². The summed E-state index contributed by atoms with van der Waals surface area (Å²) < 4.78 is 18.4. The van der Waals surface area contributed by atoms with Gasteiger partial charge in [0.1, 0.15) is 11.6 Å². The number of halogens is 2. The number of benzene rings is 2. The average molecular weight is 391 g/mol. The highest BCUT2D eigenvalue weighted by molar-refractivity contribution is 6.32. The first-order valence-electron chi connectivity index (χ1n) is 8.80. The molecule has 27 heavy (non-hydrogen) atoms. The summed E-state index contributed by atoms with van der Waals surface area (Å²) in [5, 5.41) is 5.76. The van der Waals surface area contributed by atoms with E-state index in [9.17, 15) is 14.0 Å².